The predicted octanol–water partition coefficient (Wildman–Crippen LogP) is 4.66. The van der Waals surface area contributed by atoms with Crippen LogP contribution in [0.4, 0.5) is 18.9 Å². The van der Waals surface area contributed by atoms with Crippen molar-refractivity contribution in [1.29, 1.82) is 0 Å². The van der Waals surface area contributed by atoms with Gasteiger partial charge in [0.25, 0.3) is 5.91 Å². The van der Waals surface area contributed by atoms with Gasteiger partial charge in [-0.25, -0.2) is 0 Å². The zero-order valence-corrected chi connectivity index (χ0v) is 16.7. The number of hydrogen-bond acceptors (Lipinski definition) is 4. The lowest BCUT2D eigenvalue weighted by Crippen LogP contribution is -2.22. The van der Waals surface area contributed by atoms with Gasteiger partial charge < -0.3 is 15.0 Å². The number of benzene rings is 2. The molecule has 0 radical (unpaired) electrons. The first-order valence-corrected chi connectivity index (χ1v) is 9.15. The molecule has 5 nitrogen and oxygen atoms in total. The Labute approximate surface area is 170 Å². The van der Waals surface area contributed by atoms with Crippen LogP contribution in [-0.4, -0.2) is 43.4 Å². The van der Waals surface area contributed by atoms with Gasteiger partial charge in [0, 0.05) is 30.6 Å². The van der Waals surface area contributed by atoms with Crippen LogP contribution >= 0.6 is 11.8 Å². The Hall–Kier alpha value is -2.94. The lowest BCUT2D eigenvalue weighted by molar-refractivity contribution is -0.111. The number of methoxy groups -OCH3 is 1. The molecule has 154 valence electrons. The van der Waals surface area contributed by atoms with Crippen LogP contribution in [0.25, 0.3) is 6.08 Å². The topological polar surface area (TPSA) is 58.6 Å². The molecular formula is C20H19F3N2O3S. The van der Waals surface area contributed by atoms with Gasteiger partial charge in [-0.15, -0.1) is 0 Å². The zero-order chi connectivity index (χ0) is 21.6. The van der Waals surface area contributed by atoms with E-state index in [9.17, 15) is 22.8 Å². The number of ether oxygens (including phenoxy) is 1. The summed E-state index contributed by atoms with van der Waals surface area (Å²) < 4.78 is 42.2. The summed E-state index contributed by atoms with van der Waals surface area (Å²) in [5.74, 6) is -0.322. The monoisotopic (exact) mass is 424 g/mol. The smallest absolute Gasteiger partial charge is 0.446 e. The van der Waals surface area contributed by atoms with Crippen LogP contribution in [0.2, 0.25) is 0 Å². The van der Waals surface area contributed by atoms with Gasteiger partial charge in [-0.05, 0) is 53.7 Å². The van der Waals surface area contributed by atoms with Gasteiger partial charge in [0.15, 0.2) is 0 Å². The van der Waals surface area contributed by atoms with E-state index in [-0.39, 0.29) is 22.6 Å². The average Bonchev–Trinajstić information content (AvgIpc) is 2.65. The molecular weight excluding hydrogens is 405 g/mol. The van der Waals surface area contributed by atoms with Crippen molar-refractivity contribution in [2.75, 3.05) is 26.5 Å². The van der Waals surface area contributed by atoms with E-state index < -0.39 is 11.4 Å². The van der Waals surface area contributed by atoms with Crippen LogP contribution in [0.3, 0.4) is 0 Å². The number of carbonyl (C=O) groups excluding carboxylic acids is 2. The number of rotatable bonds is 6. The second-order valence-electron chi connectivity index (χ2n) is 6.05. The standard InChI is InChI=1S/C20H19F3N2O3S/c1-25(2)19(27)14-7-10-17(28-3)16(12-14)24-18(26)11-6-13-4-8-15(9-5-13)29-20(21,22)23/h4-12H,1-3H3,(H,24,26)/b11-6+. The van der Waals surface area contributed by atoms with Crippen LogP contribution < -0.4 is 10.1 Å². The maximum absolute atomic E-state index is 12.3. The minimum atomic E-state index is -4.35. The summed E-state index contributed by atoms with van der Waals surface area (Å²) in [4.78, 5) is 25.8. The van der Waals surface area contributed by atoms with Crippen LogP contribution in [0.5, 0.6) is 5.75 Å². The third kappa shape index (κ3) is 6.86. The Balaban J connectivity index is 2.10. The number of anilines is 1. The van der Waals surface area contributed by atoms with E-state index in [2.05, 4.69) is 5.32 Å². The van der Waals surface area contributed by atoms with Crippen LogP contribution in [0, 0.1) is 0 Å². The first-order valence-electron chi connectivity index (χ1n) is 8.33. The molecule has 2 rings (SSSR count). The SMILES string of the molecule is COc1ccc(C(=O)N(C)C)cc1NC(=O)/C=C/c1ccc(SC(F)(F)F)cc1. The summed E-state index contributed by atoms with van der Waals surface area (Å²) in [5.41, 5.74) is -3.08. The van der Waals surface area contributed by atoms with Crippen molar-refractivity contribution in [2.45, 2.75) is 10.4 Å². The van der Waals surface area contributed by atoms with Gasteiger partial charge >= 0.3 is 5.51 Å². The van der Waals surface area contributed by atoms with Crippen molar-refractivity contribution in [3.63, 3.8) is 0 Å². The fraction of sp³-hybridized carbons (Fsp3) is 0.200. The molecule has 0 spiro atoms. The molecule has 0 bridgehead atoms. The molecule has 0 aliphatic rings. The van der Waals surface area contributed by atoms with E-state index in [1.165, 1.54) is 54.5 Å². The molecule has 0 fully saturated rings. The lowest BCUT2D eigenvalue weighted by Gasteiger charge is -2.14. The number of alkyl halides is 3. The second kappa shape index (κ2) is 9.51. The minimum absolute atomic E-state index is 0.0613. The van der Waals surface area contributed by atoms with Crippen molar-refractivity contribution in [3.8, 4) is 5.75 Å². The summed E-state index contributed by atoms with van der Waals surface area (Å²) in [6.07, 6.45) is 2.71. The highest BCUT2D eigenvalue weighted by Crippen LogP contribution is 2.36. The molecule has 1 N–H and O–H groups in total. The van der Waals surface area contributed by atoms with E-state index in [4.69, 9.17) is 4.74 Å². The van der Waals surface area contributed by atoms with E-state index in [0.29, 0.717) is 22.6 Å². The van der Waals surface area contributed by atoms with Crippen molar-refractivity contribution in [1.82, 2.24) is 4.90 Å². The van der Waals surface area contributed by atoms with E-state index in [1.54, 1.807) is 26.2 Å². The number of halogens is 3. The molecule has 0 atom stereocenters. The number of nitrogens with zero attached hydrogens (tertiary/aromatic N) is 1. The third-order valence-corrected chi connectivity index (χ3v) is 4.39. The number of amides is 2. The molecule has 0 aliphatic heterocycles. The Morgan fingerprint density at radius 3 is 2.31 bits per heavy atom. The lowest BCUT2D eigenvalue weighted by atomic mass is 10.1. The summed E-state index contributed by atoms with van der Waals surface area (Å²) in [6, 6.07) is 10.3. The normalized spacial score (nSPS) is 11.4. The van der Waals surface area contributed by atoms with Gasteiger partial charge in [-0.3, -0.25) is 9.59 Å². The highest BCUT2D eigenvalue weighted by atomic mass is 32.2. The third-order valence-electron chi connectivity index (χ3n) is 3.65. The van der Waals surface area contributed by atoms with Crippen LogP contribution in [0.15, 0.2) is 53.4 Å². The number of nitrogens with one attached hydrogen (secondary N) is 1. The van der Waals surface area contributed by atoms with Crippen LogP contribution in [0.1, 0.15) is 15.9 Å². The number of thioether (sulfide) groups is 1. The van der Waals surface area contributed by atoms with Crippen molar-refractivity contribution in [3.05, 3.63) is 59.7 Å². The Morgan fingerprint density at radius 2 is 1.76 bits per heavy atom. The molecule has 2 aromatic carbocycles. The van der Waals surface area contributed by atoms with Gasteiger partial charge in [-0.2, -0.15) is 13.2 Å². The number of hydrogen-bond donors (Lipinski definition) is 1. The summed E-state index contributed by atoms with van der Waals surface area (Å²) in [7, 11) is 4.67. The summed E-state index contributed by atoms with van der Waals surface area (Å²) >= 11 is -0.203. The van der Waals surface area contributed by atoms with E-state index in [1.807, 2.05) is 0 Å². The first kappa shape index (κ1) is 22.4. The fourth-order valence-electron chi connectivity index (χ4n) is 2.32. The molecule has 0 heterocycles. The maximum atomic E-state index is 12.3. The van der Waals surface area contributed by atoms with Gasteiger partial charge in [0.2, 0.25) is 5.91 Å². The maximum Gasteiger partial charge on any atom is 0.446 e. The quantitative estimate of drug-likeness (QED) is 0.541. The number of carbonyl (C=O) groups is 2. The van der Waals surface area contributed by atoms with Gasteiger partial charge in [-0.1, -0.05) is 12.1 Å². The molecule has 0 saturated carbocycles. The average molecular weight is 424 g/mol. The van der Waals surface area contributed by atoms with Crippen molar-refractivity contribution < 1.29 is 27.5 Å². The zero-order valence-electron chi connectivity index (χ0n) is 15.9. The van der Waals surface area contributed by atoms with Gasteiger partial charge in [0.05, 0.1) is 12.8 Å². The molecule has 0 aliphatic carbocycles. The van der Waals surface area contributed by atoms with Gasteiger partial charge in [0.1, 0.15) is 5.75 Å². The fourth-order valence-corrected chi connectivity index (χ4v) is 2.86. The molecule has 0 aromatic heterocycles. The molecule has 2 amide bonds. The highest BCUT2D eigenvalue weighted by molar-refractivity contribution is 8.00. The molecule has 2 aromatic rings. The Bertz CT molecular complexity index is 910. The minimum Gasteiger partial charge on any atom is -0.495 e. The predicted molar refractivity (Wildman–Crippen MR) is 107 cm³/mol. The largest absolute Gasteiger partial charge is 0.495 e. The molecule has 0 unspecified atom stereocenters. The molecule has 0 saturated heterocycles. The van der Waals surface area contributed by atoms with Crippen molar-refractivity contribution >= 4 is 35.3 Å². The second-order valence-corrected chi connectivity index (χ2v) is 7.19. The summed E-state index contributed by atoms with van der Waals surface area (Å²) in [5, 5.41) is 2.63. The van der Waals surface area contributed by atoms with E-state index in [0.717, 1.165) is 0 Å². The Kier molecular flexibility index (Phi) is 7.33. The van der Waals surface area contributed by atoms with Crippen molar-refractivity contribution in [2.24, 2.45) is 0 Å². The van der Waals surface area contributed by atoms with Crippen LogP contribution in [-0.2, 0) is 4.79 Å². The molecule has 9 heteroatoms. The van der Waals surface area contributed by atoms with E-state index >= 15 is 0 Å². The highest BCUT2D eigenvalue weighted by Gasteiger charge is 2.28. The Morgan fingerprint density at radius 1 is 1.10 bits per heavy atom. The summed E-state index contributed by atoms with van der Waals surface area (Å²) in [6.45, 7) is 0. The molecule has 29 heavy (non-hydrogen) atoms. The first-order chi connectivity index (χ1) is 13.6.